The highest BCUT2D eigenvalue weighted by Crippen LogP contribution is 2.19. The van der Waals surface area contributed by atoms with E-state index in [1.807, 2.05) is 17.6 Å². The Morgan fingerprint density at radius 3 is 2.89 bits per heavy atom. The lowest BCUT2D eigenvalue weighted by Gasteiger charge is -2.29. The summed E-state index contributed by atoms with van der Waals surface area (Å²) in [5.41, 5.74) is 2.09. The Labute approximate surface area is 107 Å². The summed E-state index contributed by atoms with van der Waals surface area (Å²) < 4.78 is 1.89. The van der Waals surface area contributed by atoms with Crippen molar-refractivity contribution in [2.24, 2.45) is 0 Å². The molecular formula is C13H19N5. The summed E-state index contributed by atoms with van der Waals surface area (Å²) in [6, 6.07) is 2.60. The molecule has 3 rings (SSSR count). The van der Waals surface area contributed by atoms with Gasteiger partial charge in [-0.05, 0) is 46.0 Å². The van der Waals surface area contributed by atoms with E-state index in [2.05, 4.69) is 33.4 Å². The van der Waals surface area contributed by atoms with Crippen molar-refractivity contribution in [3.63, 3.8) is 0 Å². The van der Waals surface area contributed by atoms with Crippen LogP contribution in [0.3, 0.4) is 0 Å². The van der Waals surface area contributed by atoms with Crippen molar-refractivity contribution in [3.05, 3.63) is 24.2 Å². The van der Waals surface area contributed by atoms with Gasteiger partial charge >= 0.3 is 0 Å². The number of nitrogens with zero attached hydrogens (tertiary/aromatic N) is 4. The molecule has 0 aliphatic carbocycles. The van der Waals surface area contributed by atoms with Gasteiger partial charge in [0, 0.05) is 18.4 Å². The summed E-state index contributed by atoms with van der Waals surface area (Å²) in [6.07, 6.45) is 6.04. The lowest BCUT2D eigenvalue weighted by Crippen LogP contribution is -2.36. The number of aromatic nitrogens is 3. The molecule has 0 unspecified atom stereocenters. The van der Waals surface area contributed by atoms with Crippen LogP contribution in [-0.2, 0) is 0 Å². The van der Waals surface area contributed by atoms with E-state index in [0.717, 1.165) is 30.1 Å². The first-order chi connectivity index (χ1) is 8.72. The summed E-state index contributed by atoms with van der Waals surface area (Å²) in [4.78, 5) is 6.82. The number of piperidine rings is 1. The maximum atomic E-state index is 4.45. The third-order valence-electron chi connectivity index (χ3n) is 3.57. The van der Waals surface area contributed by atoms with Crippen LogP contribution in [0.15, 0.2) is 18.5 Å². The van der Waals surface area contributed by atoms with Crippen molar-refractivity contribution in [2.45, 2.75) is 25.8 Å². The highest BCUT2D eigenvalue weighted by Gasteiger charge is 2.17. The third kappa shape index (κ3) is 2.18. The zero-order chi connectivity index (χ0) is 12.5. The fraction of sp³-hybridized carbons (Fsp3) is 0.538. The zero-order valence-corrected chi connectivity index (χ0v) is 10.9. The molecule has 1 fully saturated rings. The molecular weight excluding hydrogens is 226 g/mol. The molecule has 0 radical (unpaired) electrons. The van der Waals surface area contributed by atoms with Gasteiger partial charge in [0.05, 0.1) is 5.69 Å². The Kier molecular flexibility index (Phi) is 2.91. The monoisotopic (exact) mass is 245 g/mol. The minimum Gasteiger partial charge on any atom is -0.365 e. The lowest BCUT2D eigenvalue weighted by atomic mass is 10.1. The molecule has 3 heterocycles. The first kappa shape index (κ1) is 11.5. The van der Waals surface area contributed by atoms with Crippen LogP contribution >= 0.6 is 0 Å². The van der Waals surface area contributed by atoms with Crippen LogP contribution in [0, 0.1) is 6.92 Å². The van der Waals surface area contributed by atoms with Crippen LogP contribution in [0.25, 0.3) is 5.52 Å². The molecule has 0 atom stereocenters. The molecule has 96 valence electrons. The zero-order valence-electron chi connectivity index (χ0n) is 10.9. The number of fused-ring (bicyclic) bond motifs is 1. The highest BCUT2D eigenvalue weighted by atomic mass is 15.2. The lowest BCUT2D eigenvalue weighted by molar-refractivity contribution is 0.263. The number of likely N-dealkylation sites (tertiary alicyclic amines) is 1. The number of anilines is 1. The predicted molar refractivity (Wildman–Crippen MR) is 71.9 cm³/mol. The molecule has 18 heavy (non-hydrogen) atoms. The fourth-order valence-electron chi connectivity index (χ4n) is 2.50. The van der Waals surface area contributed by atoms with Gasteiger partial charge in [-0.2, -0.15) is 5.10 Å². The van der Waals surface area contributed by atoms with Crippen molar-refractivity contribution >= 4 is 11.3 Å². The van der Waals surface area contributed by atoms with E-state index >= 15 is 0 Å². The number of hydrogen-bond donors (Lipinski definition) is 1. The van der Waals surface area contributed by atoms with Crippen LogP contribution in [0.5, 0.6) is 0 Å². The summed E-state index contributed by atoms with van der Waals surface area (Å²) in [5.74, 6) is 0.952. The molecule has 1 N–H and O–H groups in total. The van der Waals surface area contributed by atoms with Crippen LogP contribution in [-0.4, -0.2) is 45.7 Å². The quantitative estimate of drug-likeness (QED) is 0.872. The van der Waals surface area contributed by atoms with E-state index < -0.39 is 0 Å². The molecule has 0 spiro atoms. The second-order valence-electron chi connectivity index (χ2n) is 5.11. The molecule has 2 aromatic rings. The maximum Gasteiger partial charge on any atom is 0.152 e. The molecule has 0 aromatic carbocycles. The van der Waals surface area contributed by atoms with E-state index in [1.165, 1.54) is 12.8 Å². The van der Waals surface area contributed by atoms with Gasteiger partial charge in [0.25, 0.3) is 0 Å². The second kappa shape index (κ2) is 4.57. The number of nitrogens with one attached hydrogen (secondary N) is 1. The number of hydrogen-bond acceptors (Lipinski definition) is 4. The summed E-state index contributed by atoms with van der Waals surface area (Å²) in [7, 11) is 2.18. The second-order valence-corrected chi connectivity index (χ2v) is 5.11. The molecule has 2 aromatic heterocycles. The van der Waals surface area contributed by atoms with E-state index in [-0.39, 0.29) is 0 Å². The average Bonchev–Trinajstić information content (AvgIpc) is 2.73. The smallest absolute Gasteiger partial charge is 0.152 e. The van der Waals surface area contributed by atoms with Gasteiger partial charge < -0.3 is 10.2 Å². The largest absolute Gasteiger partial charge is 0.365 e. The van der Waals surface area contributed by atoms with Gasteiger partial charge in [-0.3, -0.25) is 0 Å². The van der Waals surface area contributed by atoms with Gasteiger partial charge in [-0.15, -0.1) is 0 Å². The Balaban J connectivity index is 1.82. The van der Waals surface area contributed by atoms with Crippen molar-refractivity contribution < 1.29 is 0 Å². The molecule has 1 aliphatic heterocycles. The fourth-order valence-corrected chi connectivity index (χ4v) is 2.50. The van der Waals surface area contributed by atoms with Crippen molar-refractivity contribution in [3.8, 4) is 0 Å². The van der Waals surface area contributed by atoms with E-state index in [0.29, 0.717) is 6.04 Å². The van der Waals surface area contributed by atoms with Crippen molar-refractivity contribution in [1.82, 2.24) is 19.5 Å². The molecule has 0 saturated carbocycles. The van der Waals surface area contributed by atoms with Crippen molar-refractivity contribution in [1.29, 1.82) is 0 Å². The summed E-state index contributed by atoms with van der Waals surface area (Å²) in [6.45, 7) is 4.31. The molecule has 5 nitrogen and oxygen atoms in total. The minimum atomic E-state index is 0.523. The summed E-state index contributed by atoms with van der Waals surface area (Å²) >= 11 is 0. The van der Waals surface area contributed by atoms with Crippen LogP contribution in [0.2, 0.25) is 0 Å². The Morgan fingerprint density at radius 1 is 1.33 bits per heavy atom. The molecule has 1 saturated heterocycles. The predicted octanol–water partition coefficient (Wildman–Crippen LogP) is 1.54. The maximum absolute atomic E-state index is 4.45. The molecule has 1 aliphatic rings. The third-order valence-corrected chi connectivity index (χ3v) is 3.57. The normalized spacial score (nSPS) is 18.3. The Hall–Kier alpha value is -1.62. The van der Waals surface area contributed by atoms with E-state index in [9.17, 15) is 0 Å². The topological polar surface area (TPSA) is 45.5 Å². The average molecular weight is 245 g/mol. The molecule has 5 heteroatoms. The van der Waals surface area contributed by atoms with E-state index in [1.54, 1.807) is 6.20 Å². The van der Waals surface area contributed by atoms with Crippen LogP contribution in [0.1, 0.15) is 18.5 Å². The Morgan fingerprint density at radius 2 is 2.11 bits per heavy atom. The minimum absolute atomic E-state index is 0.523. The number of rotatable bonds is 2. The van der Waals surface area contributed by atoms with Crippen molar-refractivity contribution in [2.75, 3.05) is 25.5 Å². The molecule has 0 amide bonds. The van der Waals surface area contributed by atoms with Gasteiger partial charge in [-0.25, -0.2) is 9.50 Å². The first-order valence-electron chi connectivity index (χ1n) is 6.48. The standard InChI is InChI=1S/C13H19N5/c1-10-9-12-13(14-5-8-18(12)16-10)15-11-3-6-17(2)7-4-11/h5,8-9,11H,3-4,6-7H2,1-2H3,(H,14,15). The van der Waals surface area contributed by atoms with E-state index in [4.69, 9.17) is 0 Å². The number of aryl methyl sites for hydroxylation is 1. The summed E-state index contributed by atoms with van der Waals surface area (Å²) in [5, 5.41) is 7.97. The SMILES string of the molecule is Cc1cc2c(NC3CCN(C)CC3)nccn2n1. The molecule has 0 bridgehead atoms. The van der Waals surface area contributed by atoms with Gasteiger partial charge in [0.15, 0.2) is 5.82 Å². The Bertz CT molecular complexity index is 539. The van der Waals surface area contributed by atoms with Crippen LogP contribution < -0.4 is 5.32 Å². The van der Waals surface area contributed by atoms with Gasteiger partial charge in [-0.1, -0.05) is 0 Å². The first-order valence-corrected chi connectivity index (χ1v) is 6.48. The highest BCUT2D eigenvalue weighted by molar-refractivity contribution is 5.68. The van der Waals surface area contributed by atoms with Crippen LogP contribution in [0.4, 0.5) is 5.82 Å². The van der Waals surface area contributed by atoms with Gasteiger partial charge in [0.2, 0.25) is 0 Å². The van der Waals surface area contributed by atoms with Gasteiger partial charge in [0.1, 0.15) is 5.52 Å².